The van der Waals surface area contributed by atoms with Crippen LogP contribution in [0.1, 0.15) is 12.5 Å². The van der Waals surface area contributed by atoms with E-state index in [1.807, 2.05) is 25.1 Å². The quantitative estimate of drug-likeness (QED) is 0.612. The van der Waals surface area contributed by atoms with Gasteiger partial charge in [-0.05, 0) is 46.6 Å². The maximum atomic E-state index is 11.5. The van der Waals surface area contributed by atoms with E-state index < -0.39 is 0 Å². The summed E-state index contributed by atoms with van der Waals surface area (Å²) in [5, 5.41) is 5.36. The zero-order valence-electron chi connectivity index (χ0n) is 10.1. The highest BCUT2D eigenvalue weighted by Crippen LogP contribution is 2.25. The maximum Gasteiger partial charge on any atom is 0.259 e. The number of thiocarbonyl (C=S) groups is 1. The lowest BCUT2D eigenvalue weighted by Gasteiger charge is -2.08. The second-order valence-corrected chi connectivity index (χ2v) is 6.09. The van der Waals surface area contributed by atoms with Crippen LogP contribution in [0.4, 0.5) is 0 Å². The van der Waals surface area contributed by atoms with Gasteiger partial charge in [0.2, 0.25) is 0 Å². The molecule has 1 amide bonds. The fourth-order valence-electron chi connectivity index (χ4n) is 1.45. The molecule has 1 heterocycles. The Kier molecular flexibility index (Phi) is 4.95. The number of carbonyl (C=O) groups is 1. The average molecular weight is 359 g/mol. The lowest BCUT2D eigenvalue weighted by Crippen LogP contribution is -2.22. The molecule has 1 aliphatic heterocycles. The van der Waals surface area contributed by atoms with Crippen LogP contribution in [0.5, 0.6) is 5.75 Å². The summed E-state index contributed by atoms with van der Waals surface area (Å²) in [5.41, 5.74) is 0.864. The third kappa shape index (κ3) is 3.55. The molecule has 0 bridgehead atoms. The highest BCUT2D eigenvalue weighted by Gasteiger charge is 2.25. The van der Waals surface area contributed by atoms with Gasteiger partial charge in [-0.1, -0.05) is 24.0 Å². The Morgan fingerprint density at radius 3 is 3.00 bits per heavy atom. The first kappa shape index (κ1) is 14.5. The monoisotopic (exact) mass is 358 g/mol. The minimum Gasteiger partial charge on any atom is -0.493 e. The molecular weight excluding hydrogens is 348 g/mol. The Bertz CT molecular complexity index is 533. The first-order valence-corrected chi connectivity index (χ1v) is 7.76. The largest absolute Gasteiger partial charge is 0.493 e. The van der Waals surface area contributed by atoms with Crippen LogP contribution in [0, 0.1) is 0 Å². The number of hydrogen-bond donors (Lipinski definition) is 0. The van der Waals surface area contributed by atoms with Gasteiger partial charge in [-0.25, -0.2) is 0 Å². The molecule has 2 rings (SSSR count). The van der Waals surface area contributed by atoms with Crippen molar-refractivity contribution >= 4 is 56.4 Å². The summed E-state index contributed by atoms with van der Waals surface area (Å²) < 4.78 is 6.77. The number of nitrogens with zero attached hydrogens (tertiary/aromatic N) is 2. The van der Waals surface area contributed by atoms with Gasteiger partial charge in [0.25, 0.3) is 5.91 Å². The maximum absolute atomic E-state index is 11.5. The van der Waals surface area contributed by atoms with Crippen LogP contribution in [0.2, 0.25) is 0 Å². The van der Waals surface area contributed by atoms with Crippen LogP contribution in [0.3, 0.4) is 0 Å². The van der Waals surface area contributed by atoms with Crippen molar-refractivity contribution in [2.24, 2.45) is 5.10 Å². The van der Waals surface area contributed by atoms with Gasteiger partial charge in [0, 0.05) is 0 Å². The van der Waals surface area contributed by atoms with Crippen molar-refractivity contribution < 1.29 is 9.53 Å². The third-order valence-electron chi connectivity index (χ3n) is 2.31. The Morgan fingerprint density at radius 1 is 1.63 bits per heavy atom. The van der Waals surface area contributed by atoms with E-state index in [9.17, 15) is 4.79 Å². The van der Waals surface area contributed by atoms with E-state index in [1.165, 1.54) is 16.8 Å². The highest BCUT2D eigenvalue weighted by molar-refractivity contribution is 9.10. The second-order valence-electron chi connectivity index (χ2n) is 3.63. The van der Waals surface area contributed by atoms with E-state index in [-0.39, 0.29) is 5.91 Å². The van der Waals surface area contributed by atoms with E-state index in [2.05, 4.69) is 21.0 Å². The molecule has 1 saturated heterocycles. The van der Waals surface area contributed by atoms with Crippen LogP contribution in [0.25, 0.3) is 0 Å². The fraction of sp³-hybridized carbons (Fsp3) is 0.250. The van der Waals surface area contributed by atoms with Crippen molar-refractivity contribution in [3.05, 3.63) is 28.2 Å². The molecule has 0 N–H and O–H groups in total. The van der Waals surface area contributed by atoms with Crippen molar-refractivity contribution in [1.29, 1.82) is 0 Å². The Morgan fingerprint density at radius 2 is 2.42 bits per heavy atom. The number of amides is 1. The molecule has 0 radical (unpaired) electrons. The number of rotatable bonds is 4. The molecule has 0 saturated carbocycles. The highest BCUT2D eigenvalue weighted by atomic mass is 79.9. The number of thioether (sulfide) groups is 1. The smallest absolute Gasteiger partial charge is 0.259 e. The summed E-state index contributed by atoms with van der Waals surface area (Å²) in [7, 11) is 0. The number of hydrazone groups is 1. The predicted molar refractivity (Wildman–Crippen MR) is 84.8 cm³/mol. The van der Waals surface area contributed by atoms with Gasteiger partial charge < -0.3 is 4.74 Å². The fourth-order valence-corrected chi connectivity index (χ4v) is 2.93. The molecule has 4 nitrogen and oxygen atoms in total. The molecular formula is C12H11BrN2O2S2. The van der Waals surface area contributed by atoms with Crippen LogP contribution >= 0.6 is 39.9 Å². The summed E-state index contributed by atoms with van der Waals surface area (Å²) in [6.45, 7) is 2.54. The first-order chi connectivity index (χ1) is 9.11. The Balaban J connectivity index is 2.13. The molecule has 7 heteroatoms. The van der Waals surface area contributed by atoms with E-state index >= 15 is 0 Å². The lowest BCUT2D eigenvalue weighted by atomic mass is 10.2. The SMILES string of the molecule is CCOc1ccc(/C=N\N2C(=O)CSC2=S)cc1Br. The normalized spacial score (nSPS) is 15.6. The van der Waals surface area contributed by atoms with Gasteiger partial charge in [-0.15, -0.1) is 0 Å². The molecule has 19 heavy (non-hydrogen) atoms. The lowest BCUT2D eigenvalue weighted by molar-refractivity contribution is -0.123. The van der Waals surface area contributed by atoms with Gasteiger partial charge in [0.05, 0.1) is 23.0 Å². The number of ether oxygens (including phenoxy) is 1. The van der Waals surface area contributed by atoms with Crippen molar-refractivity contribution in [2.75, 3.05) is 12.4 Å². The molecule has 1 fully saturated rings. The minimum atomic E-state index is -0.0868. The van der Waals surface area contributed by atoms with E-state index in [1.54, 1.807) is 6.21 Å². The topological polar surface area (TPSA) is 41.9 Å². The minimum absolute atomic E-state index is 0.0868. The van der Waals surface area contributed by atoms with Gasteiger partial charge in [0.15, 0.2) is 4.32 Å². The molecule has 0 atom stereocenters. The molecule has 1 aromatic rings. The van der Waals surface area contributed by atoms with Gasteiger partial charge in [-0.3, -0.25) is 4.79 Å². The van der Waals surface area contributed by atoms with Gasteiger partial charge in [0.1, 0.15) is 5.75 Å². The Hall–Kier alpha value is -0.920. The molecule has 0 aliphatic carbocycles. The van der Waals surface area contributed by atoms with E-state index in [4.69, 9.17) is 17.0 Å². The summed E-state index contributed by atoms with van der Waals surface area (Å²) in [5.74, 6) is 1.06. The Labute approximate surface area is 129 Å². The van der Waals surface area contributed by atoms with Gasteiger partial charge in [-0.2, -0.15) is 10.1 Å². The van der Waals surface area contributed by atoms with Crippen LogP contribution < -0.4 is 4.74 Å². The van der Waals surface area contributed by atoms with E-state index in [0.29, 0.717) is 16.7 Å². The number of halogens is 1. The summed E-state index contributed by atoms with van der Waals surface area (Å²) in [4.78, 5) is 11.5. The number of benzene rings is 1. The molecule has 100 valence electrons. The van der Waals surface area contributed by atoms with Crippen molar-refractivity contribution in [2.45, 2.75) is 6.92 Å². The van der Waals surface area contributed by atoms with E-state index in [0.717, 1.165) is 15.8 Å². The molecule has 0 aromatic heterocycles. The predicted octanol–water partition coefficient (Wildman–Crippen LogP) is 3.04. The molecule has 0 unspecified atom stereocenters. The molecule has 1 aliphatic rings. The average Bonchev–Trinajstić information content (AvgIpc) is 2.70. The van der Waals surface area contributed by atoms with Crippen LogP contribution in [-0.4, -0.2) is 33.8 Å². The number of hydrogen-bond acceptors (Lipinski definition) is 5. The number of carbonyl (C=O) groups excluding carboxylic acids is 1. The van der Waals surface area contributed by atoms with Crippen molar-refractivity contribution in [1.82, 2.24) is 5.01 Å². The molecule has 1 aromatic carbocycles. The molecule has 0 spiro atoms. The van der Waals surface area contributed by atoms with Crippen LogP contribution in [-0.2, 0) is 4.79 Å². The first-order valence-electron chi connectivity index (χ1n) is 5.58. The van der Waals surface area contributed by atoms with Crippen molar-refractivity contribution in [3.63, 3.8) is 0 Å². The van der Waals surface area contributed by atoms with Crippen molar-refractivity contribution in [3.8, 4) is 5.75 Å². The standard InChI is InChI=1S/C12H11BrN2O2S2/c1-2-17-10-4-3-8(5-9(10)13)6-14-15-11(16)7-19-12(15)18/h3-6H,2,7H2,1H3/b14-6-. The third-order valence-corrected chi connectivity index (χ3v) is 4.26. The zero-order valence-corrected chi connectivity index (χ0v) is 13.3. The second kappa shape index (κ2) is 6.49. The van der Waals surface area contributed by atoms with Crippen LogP contribution in [0.15, 0.2) is 27.8 Å². The van der Waals surface area contributed by atoms with Gasteiger partial charge >= 0.3 is 0 Å². The zero-order chi connectivity index (χ0) is 13.8. The summed E-state index contributed by atoms with van der Waals surface area (Å²) in [6.07, 6.45) is 1.61. The summed E-state index contributed by atoms with van der Waals surface area (Å²) in [6, 6.07) is 5.61. The summed E-state index contributed by atoms with van der Waals surface area (Å²) >= 11 is 9.79.